The molecule has 0 amide bonds. The molecule has 0 saturated carbocycles. The molecule has 0 aromatic heterocycles. The van der Waals surface area contributed by atoms with Crippen LogP contribution in [0.5, 0.6) is 11.5 Å². The summed E-state index contributed by atoms with van der Waals surface area (Å²) in [6.45, 7) is 6.18. The van der Waals surface area contributed by atoms with E-state index in [1.165, 1.54) is 5.69 Å². The SMILES string of the molecule is CCN(CC)c1ccc(/C=C2/C=C(c3cc(OC)ccc3OC)OC2=O)cc1. The maximum Gasteiger partial charge on any atom is 0.343 e. The van der Waals surface area contributed by atoms with Crippen molar-refractivity contribution in [2.24, 2.45) is 0 Å². The number of ether oxygens (including phenoxy) is 3. The van der Waals surface area contributed by atoms with Gasteiger partial charge in [0.05, 0.1) is 25.4 Å². The summed E-state index contributed by atoms with van der Waals surface area (Å²) in [7, 11) is 3.17. The average molecular weight is 379 g/mol. The van der Waals surface area contributed by atoms with Crippen LogP contribution in [0.4, 0.5) is 5.69 Å². The summed E-state index contributed by atoms with van der Waals surface area (Å²) in [5, 5.41) is 0. The quantitative estimate of drug-likeness (QED) is 0.522. The Morgan fingerprint density at radius 3 is 2.32 bits per heavy atom. The van der Waals surface area contributed by atoms with Crippen LogP contribution in [0.25, 0.3) is 11.8 Å². The molecule has 0 N–H and O–H groups in total. The highest BCUT2D eigenvalue weighted by Crippen LogP contribution is 2.35. The molecule has 0 fully saturated rings. The Labute approximate surface area is 165 Å². The zero-order valence-electron chi connectivity index (χ0n) is 16.7. The van der Waals surface area contributed by atoms with Crippen LogP contribution in [0, 0.1) is 0 Å². The minimum atomic E-state index is -0.382. The number of rotatable bonds is 7. The number of anilines is 1. The van der Waals surface area contributed by atoms with E-state index in [0.29, 0.717) is 28.4 Å². The van der Waals surface area contributed by atoms with Gasteiger partial charge in [0, 0.05) is 18.8 Å². The second-order valence-electron chi connectivity index (χ2n) is 6.33. The van der Waals surface area contributed by atoms with Crippen LogP contribution in [-0.2, 0) is 9.53 Å². The monoisotopic (exact) mass is 379 g/mol. The van der Waals surface area contributed by atoms with E-state index < -0.39 is 0 Å². The van der Waals surface area contributed by atoms with Gasteiger partial charge in [0.25, 0.3) is 0 Å². The summed E-state index contributed by atoms with van der Waals surface area (Å²) in [6.07, 6.45) is 3.56. The Bertz CT molecular complexity index is 909. The normalized spacial score (nSPS) is 14.6. The lowest BCUT2D eigenvalue weighted by Crippen LogP contribution is -2.21. The molecule has 1 aliphatic heterocycles. The van der Waals surface area contributed by atoms with E-state index in [1.54, 1.807) is 38.5 Å². The Balaban J connectivity index is 1.90. The van der Waals surface area contributed by atoms with Crippen molar-refractivity contribution in [2.75, 3.05) is 32.2 Å². The van der Waals surface area contributed by atoms with Gasteiger partial charge in [-0.2, -0.15) is 0 Å². The van der Waals surface area contributed by atoms with Crippen molar-refractivity contribution in [2.45, 2.75) is 13.8 Å². The van der Waals surface area contributed by atoms with Gasteiger partial charge in [0.15, 0.2) is 0 Å². The highest BCUT2D eigenvalue weighted by Gasteiger charge is 2.24. The molecule has 0 aliphatic carbocycles. The molecule has 1 heterocycles. The average Bonchev–Trinajstić information content (AvgIpc) is 3.09. The molecular weight excluding hydrogens is 354 g/mol. The van der Waals surface area contributed by atoms with E-state index in [-0.39, 0.29) is 5.97 Å². The van der Waals surface area contributed by atoms with Crippen molar-refractivity contribution < 1.29 is 19.0 Å². The summed E-state index contributed by atoms with van der Waals surface area (Å²) >= 11 is 0. The maximum absolute atomic E-state index is 12.4. The van der Waals surface area contributed by atoms with Crippen LogP contribution in [0.3, 0.4) is 0 Å². The summed E-state index contributed by atoms with van der Waals surface area (Å²) in [4.78, 5) is 14.6. The Morgan fingerprint density at radius 2 is 1.71 bits per heavy atom. The number of esters is 1. The largest absolute Gasteiger partial charge is 0.497 e. The highest BCUT2D eigenvalue weighted by molar-refractivity contribution is 6.05. The molecule has 28 heavy (non-hydrogen) atoms. The van der Waals surface area contributed by atoms with E-state index in [0.717, 1.165) is 18.7 Å². The fourth-order valence-corrected chi connectivity index (χ4v) is 3.18. The fourth-order valence-electron chi connectivity index (χ4n) is 3.18. The second kappa shape index (κ2) is 8.65. The third kappa shape index (κ3) is 4.03. The molecular formula is C23H25NO4. The van der Waals surface area contributed by atoms with Gasteiger partial charge in [-0.1, -0.05) is 12.1 Å². The molecule has 5 nitrogen and oxygen atoms in total. The molecule has 146 valence electrons. The van der Waals surface area contributed by atoms with Gasteiger partial charge in [-0.3, -0.25) is 0 Å². The van der Waals surface area contributed by atoms with E-state index in [4.69, 9.17) is 14.2 Å². The maximum atomic E-state index is 12.4. The van der Waals surface area contributed by atoms with Crippen molar-refractivity contribution in [3.63, 3.8) is 0 Å². The summed E-state index contributed by atoms with van der Waals surface area (Å²) in [5.41, 5.74) is 3.28. The number of hydrogen-bond acceptors (Lipinski definition) is 5. The molecule has 0 bridgehead atoms. The van der Waals surface area contributed by atoms with Crippen molar-refractivity contribution in [1.29, 1.82) is 0 Å². The molecule has 2 aromatic rings. The topological polar surface area (TPSA) is 48.0 Å². The number of benzene rings is 2. The van der Waals surface area contributed by atoms with Gasteiger partial charge in [0.2, 0.25) is 0 Å². The van der Waals surface area contributed by atoms with Gasteiger partial charge in [-0.25, -0.2) is 4.79 Å². The standard InChI is InChI=1S/C23H25NO4/c1-5-24(6-2)18-9-7-16(8-10-18)13-17-14-22(28-23(17)25)20-15-19(26-3)11-12-21(20)27-4/h7-15H,5-6H2,1-4H3/b17-13-. The van der Waals surface area contributed by atoms with Crippen LogP contribution in [0.1, 0.15) is 25.0 Å². The van der Waals surface area contributed by atoms with Crippen molar-refractivity contribution in [1.82, 2.24) is 0 Å². The number of hydrogen-bond donors (Lipinski definition) is 0. The van der Waals surface area contributed by atoms with Gasteiger partial charge in [-0.05, 0) is 61.9 Å². The van der Waals surface area contributed by atoms with E-state index in [2.05, 4.69) is 30.9 Å². The van der Waals surface area contributed by atoms with Crippen LogP contribution < -0.4 is 14.4 Å². The minimum absolute atomic E-state index is 0.382. The van der Waals surface area contributed by atoms with Crippen molar-refractivity contribution in [3.05, 3.63) is 65.2 Å². The summed E-state index contributed by atoms with van der Waals surface area (Å²) in [6, 6.07) is 13.5. The highest BCUT2D eigenvalue weighted by atomic mass is 16.5. The first-order chi connectivity index (χ1) is 13.6. The zero-order chi connectivity index (χ0) is 20.1. The van der Waals surface area contributed by atoms with Crippen molar-refractivity contribution in [3.8, 4) is 11.5 Å². The van der Waals surface area contributed by atoms with E-state index >= 15 is 0 Å². The Kier molecular flexibility index (Phi) is 6.04. The fraction of sp³-hybridized carbons (Fsp3) is 0.261. The predicted octanol–water partition coefficient (Wildman–Crippen LogP) is 4.53. The first kappa shape index (κ1) is 19.5. The van der Waals surface area contributed by atoms with Gasteiger partial charge >= 0.3 is 5.97 Å². The lowest BCUT2D eigenvalue weighted by atomic mass is 10.1. The molecule has 5 heteroatoms. The Morgan fingerprint density at radius 1 is 1.00 bits per heavy atom. The third-order valence-corrected chi connectivity index (χ3v) is 4.74. The van der Waals surface area contributed by atoms with E-state index in [9.17, 15) is 4.79 Å². The predicted molar refractivity (Wildman–Crippen MR) is 112 cm³/mol. The number of carbonyl (C=O) groups is 1. The first-order valence-electron chi connectivity index (χ1n) is 9.32. The van der Waals surface area contributed by atoms with Crippen molar-refractivity contribution >= 4 is 23.5 Å². The molecule has 0 radical (unpaired) electrons. The van der Waals surface area contributed by atoms with Gasteiger partial charge < -0.3 is 19.1 Å². The number of carbonyl (C=O) groups excluding carboxylic acids is 1. The zero-order valence-corrected chi connectivity index (χ0v) is 16.7. The lowest BCUT2D eigenvalue weighted by molar-refractivity contribution is -0.130. The number of nitrogens with zero attached hydrogens (tertiary/aromatic N) is 1. The van der Waals surface area contributed by atoms with Gasteiger partial charge in [-0.15, -0.1) is 0 Å². The molecule has 3 rings (SSSR count). The van der Waals surface area contributed by atoms with Crippen LogP contribution in [0.15, 0.2) is 54.1 Å². The minimum Gasteiger partial charge on any atom is -0.497 e. The van der Waals surface area contributed by atoms with Crippen LogP contribution in [0.2, 0.25) is 0 Å². The molecule has 2 aromatic carbocycles. The summed E-state index contributed by atoms with van der Waals surface area (Å²) in [5.74, 6) is 1.35. The molecule has 0 unspecified atom stereocenters. The third-order valence-electron chi connectivity index (χ3n) is 4.74. The van der Waals surface area contributed by atoms with Crippen LogP contribution in [-0.4, -0.2) is 33.3 Å². The summed E-state index contributed by atoms with van der Waals surface area (Å²) < 4.78 is 16.1. The molecule has 0 spiro atoms. The van der Waals surface area contributed by atoms with E-state index in [1.807, 2.05) is 18.2 Å². The Hall–Kier alpha value is -3.21. The van der Waals surface area contributed by atoms with Crippen LogP contribution >= 0.6 is 0 Å². The molecule has 0 atom stereocenters. The number of methoxy groups -OCH3 is 2. The number of cyclic esters (lactones) is 1. The lowest BCUT2D eigenvalue weighted by Gasteiger charge is -2.20. The first-order valence-corrected chi connectivity index (χ1v) is 9.32. The molecule has 1 aliphatic rings. The van der Waals surface area contributed by atoms with Gasteiger partial charge in [0.1, 0.15) is 17.3 Å². The molecule has 0 saturated heterocycles. The second-order valence-corrected chi connectivity index (χ2v) is 6.33. The smallest absolute Gasteiger partial charge is 0.343 e.